The molecule has 0 aliphatic heterocycles. The lowest BCUT2D eigenvalue weighted by Gasteiger charge is -2.51. The average Bonchev–Trinajstić information content (AvgIpc) is 3.21. The molecule has 4 rings (SSSR count). The van der Waals surface area contributed by atoms with Crippen LogP contribution < -0.4 is 4.74 Å². The van der Waals surface area contributed by atoms with E-state index in [0.29, 0.717) is 31.7 Å². The first-order valence-corrected chi connectivity index (χ1v) is 15.1. The summed E-state index contributed by atoms with van der Waals surface area (Å²) < 4.78 is 12.0. The second-order valence-electron chi connectivity index (χ2n) is 11.9. The number of Topliss-reactive ketones (excluding diaryl/α,β-unsaturated/α-hetero) is 1. The van der Waals surface area contributed by atoms with E-state index in [0.717, 1.165) is 56.0 Å². The highest BCUT2D eigenvalue weighted by Crippen LogP contribution is 2.59. The first-order chi connectivity index (χ1) is 17.7. The smallest absolute Gasteiger partial charge is 0.316 e. The molecule has 3 fully saturated rings. The molecule has 1 N–H and O–H groups in total. The summed E-state index contributed by atoms with van der Waals surface area (Å²) >= 11 is 1.46. The maximum atomic E-state index is 13.0. The largest absolute Gasteiger partial charge is 0.492 e. The fourth-order valence-electron chi connectivity index (χ4n) is 6.99. The fraction of sp³-hybridized carbons (Fsp3) is 0.733. The number of benzene rings is 1. The topological polar surface area (TPSA) is 76.1 Å². The summed E-state index contributed by atoms with van der Waals surface area (Å²) in [5, 5.41) is 11.1. The number of carbonyl (C=O) groups excluding carboxylic acids is 2. The molecule has 1 aromatic carbocycles. The Morgan fingerprint density at radius 1 is 1.14 bits per heavy atom. The van der Waals surface area contributed by atoms with Crippen molar-refractivity contribution in [1.82, 2.24) is 4.90 Å². The van der Waals surface area contributed by atoms with Gasteiger partial charge in [-0.15, -0.1) is 11.8 Å². The van der Waals surface area contributed by atoms with E-state index in [-0.39, 0.29) is 40.5 Å². The number of likely N-dealkylation sites (N-methyl/N-ethyl adjacent to an activating group) is 1. The van der Waals surface area contributed by atoms with Crippen molar-refractivity contribution >= 4 is 23.5 Å². The molecular formula is C30H45NO5S. The van der Waals surface area contributed by atoms with Crippen molar-refractivity contribution in [3.8, 4) is 5.75 Å². The van der Waals surface area contributed by atoms with Crippen molar-refractivity contribution in [2.24, 2.45) is 22.7 Å². The van der Waals surface area contributed by atoms with Gasteiger partial charge in [0.1, 0.15) is 24.2 Å². The van der Waals surface area contributed by atoms with E-state index in [9.17, 15) is 14.7 Å². The predicted octanol–water partition coefficient (Wildman–Crippen LogP) is 5.36. The lowest BCUT2D eigenvalue weighted by Crippen LogP contribution is -2.52. The third-order valence-electron chi connectivity index (χ3n) is 9.26. The molecule has 3 aliphatic rings. The molecule has 0 radical (unpaired) electrons. The van der Waals surface area contributed by atoms with Crippen LogP contribution in [0.2, 0.25) is 0 Å². The molecule has 3 aliphatic carbocycles. The zero-order valence-electron chi connectivity index (χ0n) is 23.0. The Morgan fingerprint density at radius 2 is 1.86 bits per heavy atom. The number of hydrogen-bond donors (Lipinski definition) is 1. The minimum absolute atomic E-state index is 0.0669. The second-order valence-corrected chi connectivity index (χ2v) is 13.0. The van der Waals surface area contributed by atoms with Crippen LogP contribution in [-0.4, -0.2) is 66.0 Å². The molecule has 0 saturated heterocycles. The van der Waals surface area contributed by atoms with Gasteiger partial charge in [-0.1, -0.05) is 34.1 Å². The molecule has 0 amide bonds. The second kappa shape index (κ2) is 12.1. The Kier molecular flexibility index (Phi) is 9.29. The Bertz CT molecular complexity index is 930. The number of hydrogen-bond acceptors (Lipinski definition) is 7. The van der Waals surface area contributed by atoms with Crippen molar-refractivity contribution in [3.63, 3.8) is 0 Å². The number of aliphatic hydroxyl groups is 1. The van der Waals surface area contributed by atoms with Crippen LogP contribution in [-0.2, 0) is 14.3 Å². The summed E-state index contributed by atoms with van der Waals surface area (Å²) in [7, 11) is 0. The van der Waals surface area contributed by atoms with Gasteiger partial charge in [0.05, 0.1) is 11.9 Å². The maximum absolute atomic E-state index is 13.0. The average molecular weight is 532 g/mol. The summed E-state index contributed by atoms with van der Waals surface area (Å²) in [6, 6.07) is 7.85. The number of carbonyl (C=O) groups is 2. The Morgan fingerprint density at radius 3 is 2.57 bits per heavy atom. The first-order valence-electron chi connectivity index (χ1n) is 14.2. The quantitative estimate of drug-likeness (QED) is 0.322. The Balaban J connectivity index is 1.35. The molecular weight excluding hydrogens is 486 g/mol. The van der Waals surface area contributed by atoms with E-state index in [1.165, 1.54) is 11.8 Å². The van der Waals surface area contributed by atoms with E-state index >= 15 is 0 Å². The van der Waals surface area contributed by atoms with Crippen molar-refractivity contribution in [1.29, 1.82) is 0 Å². The third-order valence-corrected chi connectivity index (χ3v) is 10.2. The molecule has 0 heterocycles. The standard InChI is InChI=1S/C30H45NO5S/c1-5-31(6-2)16-17-35-21-9-11-22(12-10-21)37-20-27(34)36-25-18-29(3,4)26(33)19-30-14-7-8-23(25)28(30)24(32)13-15-30/h9-12,23,25-26,28,33H,5-8,13-20H2,1-4H3/t23?,25-,26+,28?,30?/m1/s1. The number of aliphatic hydroxyl groups excluding tert-OH is 1. The van der Waals surface area contributed by atoms with E-state index in [2.05, 4.69) is 32.6 Å². The Labute approximate surface area is 226 Å². The molecule has 6 nitrogen and oxygen atoms in total. The Hall–Kier alpha value is -1.57. The number of thioether (sulfide) groups is 1. The van der Waals surface area contributed by atoms with Gasteiger partial charge in [-0.3, -0.25) is 9.59 Å². The van der Waals surface area contributed by atoms with Gasteiger partial charge >= 0.3 is 5.97 Å². The van der Waals surface area contributed by atoms with Gasteiger partial charge in [0.25, 0.3) is 0 Å². The van der Waals surface area contributed by atoms with Crippen LogP contribution in [0.25, 0.3) is 0 Å². The normalized spacial score (nSPS) is 30.9. The van der Waals surface area contributed by atoms with Gasteiger partial charge < -0.3 is 19.5 Å². The number of nitrogens with zero attached hydrogens (tertiary/aromatic N) is 1. The molecule has 206 valence electrons. The molecule has 5 atom stereocenters. The lowest BCUT2D eigenvalue weighted by molar-refractivity contribution is -0.166. The minimum atomic E-state index is -0.497. The van der Waals surface area contributed by atoms with Crippen molar-refractivity contribution in [3.05, 3.63) is 24.3 Å². The predicted molar refractivity (Wildman–Crippen MR) is 147 cm³/mol. The maximum Gasteiger partial charge on any atom is 0.316 e. The van der Waals surface area contributed by atoms with Gasteiger partial charge in [-0.05, 0) is 80.3 Å². The zero-order chi connectivity index (χ0) is 26.6. The molecule has 37 heavy (non-hydrogen) atoms. The number of ether oxygens (including phenoxy) is 2. The van der Waals surface area contributed by atoms with Gasteiger partial charge in [-0.2, -0.15) is 0 Å². The number of rotatable bonds is 10. The van der Waals surface area contributed by atoms with Crippen LogP contribution >= 0.6 is 11.8 Å². The van der Waals surface area contributed by atoms with E-state index in [1.807, 2.05) is 24.3 Å². The molecule has 1 aromatic rings. The SMILES string of the molecule is CCN(CC)CCOc1ccc(SCC(=O)O[C@@H]2CC(C)(C)[C@@H](O)CC34CCCC2C3C(=O)CC4)cc1. The lowest BCUT2D eigenvalue weighted by atomic mass is 9.55. The van der Waals surface area contributed by atoms with Crippen LogP contribution in [0.3, 0.4) is 0 Å². The van der Waals surface area contributed by atoms with Gasteiger partial charge in [0.15, 0.2) is 0 Å². The van der Waals surface area contributed by atoms with Crippen molar-refractivity contribution in [2.45, 2.75) is 89.7 Å². The molecule has 0 spiro atoms. The summed E-state index contributed by atoms with van der Waals surface area (Å²) in [6.07, 6.45) is 4.88. The molecule has 7 heteroatoms. The van der Waals surface area contributed by atoms with Crippen LogP contribution in [0.4, 0.5) is 0 Å². The van der Waals surface area contributed by atoms with E-state index in [4.69, 9.17) is 9.47 Å². The highest BCUT2D eigenvalue weighted by Gasteiger charge is 2.58. The highest BCUT2D eigenvalue weighted by molar-refractivity contribution is 8.00. The highest BCUT2D eigenvalue weighted by atomic mass is 32.2. The summed E-state index contributed by atoms with van der Waals surface area (Å²) in [6.45, 7) is 12.0. The number of ketones is 1. The summed E-state index contributed by atoms with van der Waals surface area (Å²) in [4.78, 5) is 29.3. The molecule has 2 bridgehead atoms. The number of esters is 1. The minimum Gasteiger partial charge on any atom is -0.492 e. The first kappa shape index (κ1) is 28.4. The zero-order valence-corrected chi connectivity index (χ0v) is 23.9. The van der Waals surface area contributed by atoms with Crippen LogP contribution in [0, 0.1) is 22.7 Å². The van der Waals surface area contributed by atoms with Gasteiger partial charge in [0, 0.05) is 29.7 Å². The van der Waals surface area contributed by atoms with Crippen LogP contribution in [0.5, 0.6) is 5.75 Å². The van der Waals surface area contributed by atoms with E-state index in [1.54, 1.807) is 0 Å². The molecule has 3 unspecified atom stereocenters. The summed E-state index contributed by atoms with van der Waals surface area (Å²) in [5.74, 6) is 1.10. The van der Waals surface area contributed by atoms with Crippen LogP contribution in [0.15, 0.2) is 29.2 Å². The fourth-order valence-corrected chi connectivity index (χ4v) is 7.67. The van der Waals surface area contributed by atoms with Crippen LogP contribution in [0.1, 0.15) is 72.6 Å². The monoisotopic (exact) mass is 531 g/mol. The van der Waals surface area contributed by atoms with E-state index < -0.39 is 6.10 Å². The summed E-state index contributed by atoms with van der Waals surface area (Å²) in [5.41, 5.74) is -0.482. The van der Waals surface area contributed by atoms with Gasteiger partial charge in [0.2, 0.25) is 0 Å². The molecule has 0 aromatic heterocycles. The molecule has 3 saturated carbocycles. The third kappa shape index (κ3) is 6.54. The van der Waals surface area contributed by atoms with Crippen molar-refractivity contribution in [2.75, 3.05) is 32.0 Å². The van der Waals surface area contributed by atoms with Crippen molar-refractivity contribution < 1.29 is 24.2 Å². The van der Waals surface area contributed by atoms with Gasteiger partial charge in [-0.25, -0.2) is 0 Å².